The summed E-state index contributed by atoms with van der Waals surface area (Å²) >= 11 is 0. The molecule has 5 nitrogen and oxygen atoms in total. The first kappa shape index (κ1) is 23.3. The van der Waals surface area contributed by atoms with E-state index >= 15 is 0 Å². The molecular weight excluding hydrogens is 390 g/mol. The fraction of sp³-hybridized carbons (Fsp3) is 0.304. The van der Waals surface area contributed by atoms with E-state index in [1.165, 1.54) is 32.3 Å². The van der Waals surface area contributed by atoms with Crippen LogP contribution in [0.25, 0.3) is 32.3 Å². The number of aliphatic hydroxyl groups is 2. The third kappa shape index (κ3) is 4.16. The molecule has 0 aliphatic heterocycles. The summed E-state index contributed by atoms with van der Waals surface area (Å²) in [6, 6.07) is 19.3. The van der Waals surface area contributed by atoms with E-state index in [4.69, 9.17) is 4.74 Å². The van der Waals surface area contributed by atoms with Crippen LogP contribution in [-0.2, 0) is 11.3 Å². The predicted octanol–water partition coefficient (Wildman–Crippen LogP) is 3.03. The first-order valence-corrected chi connectivity index (χ1v) is 9.41. The highest BCUT2D eigenvalue weighted by Gasteiger charge is 2.28. The first-order chi connectivity index (χ1) is 13.2. The van der Waals surface area contributed by atoms with Gasteiger partial charge in [-0.25, -0.2) is 0 Å². The number of nitrogens with one attached hydrogen (secondary N) is 1. The fourth-order valence-corrected chi connectivity index (χ4v) is 3.83. The number of aliphatic hydroxyl groups excluding tert-OH is 2. The summed E-state index contributed by atoms with van der Waals surface area (Å²) in [5, 5.41) is 30.4. The minimum absolute atomic E-state index is 0. The average molecular weight is 418 g/mol. The zero-order valence-electron chi connectivity index (χ0n) is 16.4. The standard InChI is InChI=1S/C23H25NO3.ClH.H2O/c1-2-27-15-23(13-25,14-26)24-12-19-9-8-18-7-6-16-4-3-5-17-10-11-20(19)22(18)21(16)17;;/h3-11,24-26H,2,12-15H2,1H3;1H;1H2. The summed E-state index contributed by atoms with van der Waals surface area (Å²) in [4.78, 5) is 0. The molecule has 6 heteroatoms. The Kier molecular flexibility index (Phi) is 7.77. The number of rotatable bonds is 8. The molecule has 0 atom stereocenters. The molecule has 0 heterocycles. The molecule has 4 aromatic rings. The van der Waals surface area contributed by atoms with E-state index in [1.54, 1.807) is 0 Å². The molecule has 156 valence electrons. The highest BCUT2D eigenvalue weighted by Crippen LogP contribution is 2.35. The van der Waals surface area contributed by atoms with Crippen LogP contribution in [0.2, 0.25) is 0 Å². The molecule has 0 aliphatic carbocycles. The number of hydrogen-bond acceptors (Lipinski definition) is 4. The summed E-state index contributed by atoms with van der Waals surface area (Å²) < 4.78 is 5.47. The van der Waals surface area contributed by atoms with Crippen molar-refractivity contribution in [1.82, 2.24) is 5.32 Å². The van der Waals surface area contributed by atoms with Crippen LogP contribution in [0.4, 0.5) is 0 Å². The number of halogens is 1. The molecule has 0 bridgehead atoms. The highest BCUT2D eigenvalue weighted by molar-refractivity contribution is 6.23. The predicted molar refractivity (Wildman–Crippen MR) is 121 cm³/mol. The van der Waals surface area contributed by atoms with E-state index in [0.717, 1.165) is 5.56 Å². The van der Waals surface area contributed by atoms with E-state index in [2.05, 4.69) is 59.9 Å². The first-order valence-electron chi connectivity index (χ1n) is 9.41. The van der Waals surface area contributed by atoms with Gasteiger partial charge in [0, 0.05) is 13.2 Å². The molecule has 29 heavy (non-hydrogen) atoms. The topological polar surface area (TPSA) is 93.2 Å². The molecule has 5 N–H and O–H groups in total. The summed E-state index contributed by atoms with van der Waals surface area (Å²) in [5.74, 6) is 0. The molecule has 0 unspecified atom stereocenters. The third-order valence-electron chi connectivity index (χ3n) is 5.46. The Balaban J connectivity index is 0.00000150. The number of hydrogen-bond donors (Lipinski definition) is 3. The van der Waals surface area contributed by atoms with Crippen molar-refractivity contribution in [2.75, 3.05) is 26.4 Å². The Morgan fingerprint density at radius 3 is 2.07 bits per heavy atom. The monoisotopic (exact) mass is 417 g/mol. The van der Waals surface area contributed by atoms with Gasteiger partial charge in [-0.05, 0) is 44.8 Å². The van der Waals surface area contributed by atoms with Crippen molar-refractivity contribution in [3.63, 3.8) is 0 Å². The van der Waals surface area contributed by atoms with Gasteiger partial charge < -0.3 is 25.7 Å². The Labute approximate surface area is 176 Å². The summed E-state index contributed by atoms with van der Waals surface area (Å²) in [6.45, 7) is 2.89. The van der Waals surface area contributed by atoms with Crippen LogP contribution in [0.5, 0.6) is 0 Å². The lowest BCUT2D eigenvalue weighted by Crippen LogP contribution is -2.55. The molecule has 0 spiro atoms. The third-order valence-corrected chi connectivity index (χ3v) is 5.46. The molecule has 0 aromatic heterocycles. The van der Waals surface area contributed by atoms with Gasteiger partial charge in [0.25, 0.3) is 0 Å². The summed E-state index contributed by atoms with van der Waals surface area (Å²) in [7, 11) is 0. The second-order valence-corrected chi connectivity index (χ2v) is 7.17. The Morgan fingerprint density at radius 1 is 0.862 bits per heavy atom. The van der Waals surface area contributed by atoms with Crippen LogP contribution < -0.4 is 5.32 Å². The van der Waals surface area contributed by atoms with Crippen LogP contribution >= 0.6 is 12.4 Å². The lowest BCUT2D eigenvalue weighted by atomic mass is 9.91. The molecule has 0 radical (unpaired) electrons. The van der Waals surface area contributed by atoms with E-state index in [-0.39, 0.29) is 37.7 Å². The van der Waals surface area contributed by atoms with Crippen LogP contribution in [-0.4, -0.2) is 47.7 Å². The largest absolute Gasteiger partial charge is 0.412 e. The average Bonchev–Trinajstić information content (AvgIpc) is 2.73. The highest BCUT2D eigenvalue weighted by atomic mass is 35.5. The van der Waals surface area contributed by atoms with E-state index < -0.39 is 5.54 Å². The molecule has 0 saturated heterocycles. The smallest absolute Gasteiger partial charge is 0.0886 e. The fourth-order valence-electron chi connectivity index (χ4n) is 3.83. The van der Waals surface area contributed by atoms with E-state index in [1.807, 2.05) is 6.92 Å². The SMILES string of the molecule is CCOCC(CO)(CO)NCc1ccc2ccc3cccc4ccc1c2c34.Cl.O. The van der Waals surface area contributed by atoms with Gasteiger partial charge >= 0.3 is 0 Å². The van der Waals surface area contributed by atoms with E-state index in [9.17, 15) is 10.2 Å². The lowest BCUT2D eigenvalue weighted by Gasteiger charge is -2.31. The summed E-state index contributed by atoms with van der Waals surface area (Å²) in [5.41, 5.74) is 0.295. The minimum atomic E-state index is -0.847. The molecule has 0 fully saturated rings. The van der Waals surface area contributed by atoms with Gasteiger partial charge in [0.1, 0.15) is 0 Å². The van der Waals surface area contributed by atoms with Crippen molar-refractivity contribution in [3.8, 4) is 0 Å². The maximum Gasteiger partial charge on any atom is 0.0886 e. The van der Waals surface area contributed by atoms with Crippen molar-refractivity contribution < 1.29 is 20.4 Å². The second-order valence-electron chi connectivity index (χ2n) is 7.17. The van der Waals surface area contributed by atoms with Gasteiger partial charge in [-0.2, -0.15) is 0 Å². The minimum Gasteiger partial charge on any atom is -0.412 e. The van der Waals surface area contributed by atoms with Crippen molar-refractivity contribution in [2.45, 2.75) is 19.0 Å². The van der Waals surface area contributed by atoms with Gasteiger partial charge in [-0.15, -0.1) is 12.4 Å². The maximum atomic E-state index is 9.81. The quantitative estimate of drug-likeness (QED) is 0.384. The molecule has 4 rings (SSSR count). The van der Waals surface area contributed by atoms with Gasteiger partial charge in [-0.3, -0.25) is 0 Å². The molecule has 4 aromatic carbocycles. The van der Waals surface area contributed by atoms with Crippen molar-refractivity contribution in [2.24, 2.45) is 0 Å². The van der Waals surface area contributed by atoms with Gasteiger partial charge in [0.2, 0.25) is 0 Å². The van der Waals surface area contributed by atoms with Gasteiger partial charge in [0.15, 0.2) is 0 Å². The second kappa shape index (κ2) is 9.67. The Hall–Kier alpha value is -1.99. The Morgan fingerprint density at radius 2 is 1.45 bits per heavy atom. The van der Waals surface area contributed by atoms with Crippen LogP contribution in [0, 0.1) is 0 Å². The summed E-state index contributed by atoms with van der Waals surface area (Å²) in [6.07, 6.45) is 0. The van der Waals surface area contributed by atoms with Crippen LogP contribution in [0.3, 0.4) is 0 Å². The van der Waals surface area contributed by atoms with Crippen LogP contribution in [0.1, 0.15) is 12.5 Å². The number of benzene rings is 4. The van der Waals surface area contributed by atoms with Crippen molar-refractivity contribution >= 4 is 44.7 Å². The van der Waals surface area contributed by atoms with Gasteiger partial charge in [0.05, 0.1) is 25.4 Å². The Bertz CT molecular complexity index is 1050. The maximum absolute atomic E-state index is 9.81. The van der Waals surface area contributed by atoms with Crippen molar-refractivity contribution in [3.05, 3.63) is 60.2 Å². The van der Waals surface area contributed by atoms with Crippen LogP contribution in [0.15, 0.2) is 54.6 Å². The molecule has 0 aliphatic rings. The van der Waals surface area contributed by atoms with Crippen molar-refractivity contribution in [1.29, 1.82) is 0 Å². The zero-order chi connectivity index (χ0) is 18.9. The lowest BCUT2D eigenvalue weighted by molar-refractivity contribution is 0.00757. The normalized spacial score (nSPS) is 11.7. The molecule has 0 amide bonds. The zero-order valence-corrected chi connectivity index (χ0v) is 17.3. The van der Waals surface area contributed by atoms with E-state index in [0.29, 0.717) is 13.2 Å². The number of ether oxygens (including phenoxy) is 1. The molecular formula is C23H28ClNO4. The molecule has 0 saturated carbocycles. The van der Waals surface area contributed by atoms with Gasteiger partial charge in [-0.1, -0.05) is 54.6 Å².